The van der Waals surface area contributed by atoms with E-state index in [9.17, 15) is 13.6 Å². The van der Waals surface area contributed by atoms with E-state index in [0.29, 0.717) is 4.88 Å². The van der Waals surface area contributed by atoms with E-state index < -0.39 is 17.3 Å². The third kappa shape index (κ3) is 2.07. The first-order valence-electron chi connectivity index (χ1n) is 5.19. The number of methoxy groups -OCH3 is 1. The summed E-state index contributed by atoms with van der Waals surface area (Å²) < 4.78 is 30.6. The molecule has 1 fully saturated rings. The Morgan fingerprint density at radius 3 is 2.65 bits per heavy atom. The van der Waals surface area contributed by atoms with Gasteiger partial charge in [-0.3, -0.25) is 0 Å². The van der Waals surface area contributed by atoms with Crippen molar-refractivity contribution >= 4 is 17.3 Å². The van der Waals surface area contributed by atoms with E-state index in [1.54, 1.807) is 12.1 Å². The Morgan fingerprint density at radius 2 is 2.18 bits per heavy atom. The van der Waals surface area contributed by atoms with Gasteiger partial charge in [-0.2, -0.15) is 0 Å². The number of carbonyl (C=O) groups is 1. The Labute approximate surface area is 102 Å². The Hall–Kier alpha value is -1.01. The fourth-order valence-electron chi connectivity index (χ4n) is 2.19. The van der Waals surface area contributed by atoms with Gasteiger partial charge in [0.25, 0.3) is 0 Å². The smallest absolute Gasteiger partial charge is 0.348 e. The number of hydrogen-bond donors (Lipinski definition) is 1. The SMILES string of the molecule is COC(=O)c1ccc(C2(CN)CC(F)(F)C2)s1. The van der Waals surface area contributed by atoms with Gasteiger partial charge in [0.2, 0.25) is 5.92 Å². The number of hydrogen-bond acceptors (Lipinski definition) is 4. The van der Waals surface area contributed by atoms with E-state index in [1.165, 1.54) is 18.4 Å². The summed E-state index contributed by atoms with van der Waals surface area (Å²) in [4.78, 5) is 12.4. The van der Waals surface area contributed by atoms with Gasteiger partial charge in [0.15, 0.2) is 0 Å². The quantitative estimate of drug-likeness (QED) is 0.848. The van der Waals surface area contributed by atoms with Crippen molar-refractivity contribution in [3.05, 3.63) is 21.9 Å². The molecule has 0 atom stereocenters. The second kappa shape index (κ2) is 4.03. The maximum Gasteiger partial charge on any atom is 0.348 e. The molecule has 0 aromatic carbocycles. The second-order valence-corrected chi connectivity index (χ2v) is 5.43. The van der Waals surface area contributed by atoms with Crippen molar-refractivity contribution < 1.29 is 18.3 Å². The number of thiophene rings is 1. The molecular weight excluding hydrogens is 248 g/mol. The van der Waals surface area contributed by atoms with Crippen LogP contribution in [0.15, 0.2) is 12.1 Å². The van der Waals surface area contributed by atoms with Crippen LogP contribution in [0.4, 0.5) is 8.78 Å². The minimum Gasteiger partial charge on any atom is -0.465 e. The minimum absolute atomic E-state index is 0.170. The lowest BCUT2D eigenvalue weighted by Gasteiger charge is -2.46. The zero-order valence-electron chi connectivity index (χ0n) is 9.33. The standard InChI is InChI=1S/C11H13F2NO2S/c1-16-9(15)7-2-3-8(17-7)10(6-14)4-11(12,13)5-10/h2-3H,4-6,14H2,1H3. The molecule has 0 amide bonds. The van der Waals surface area contributed by atoms with Crippen LogP contribution in [0.2, 0.25) is 0 Å². The van der Waals surface area contributed by atoms with Gasteiger partial charge < -0.3 is 10.5 Å². The molecule has 1 aromatic heterocycles. The molecule has 17 heavy (non-hydrogen) atoms. The van der Waals surface area contributed by atoms with Crippen LogP contribution in [-0.2, 0) is 10.2 Å². The van der Waals surface area contributed by atoms with E-state index in [-0.39, 0.29) is 19.4 Å². The first-order valence-corrected chi connectivity index (χ1v) is 6.01. The van der Waals surface area contributed by atoms with E-state index in [2.05, 4.69) is 4.74 Å². The van der Waals surface area contributed by atoms with Crippen molar-refractivity contribution in [1.82, 2.24) is 0 Å². The van der Waals surface area contributed by atoms with Gasteiger partial charge in [0.05, 0.1) is 7.11 Å². The molecule has 0 spiro atoms. The first-order chi connectivity index (χ1) is 7.92. The highest BCUT2D eigenvalue weighted by atomic mass is 32.1. The normalized spacial score (nSPS) is 20.7. The lowest BCUT2D eigenvalue weighted by Crippen LogP contribution is -2.53. The highest BCUT2D eigenvalue weighted by Gasteiger charge is 2.57. The van der Waals surface area contributed by atoms with E-state index >= 15 is 0 Å². The first kappa shape index (κ1) is 12.4. The number of halogens is 2. The fraction of sp³-hybridized carbons (Fsp3) is 0.545. The van der Waals surface area contributed by atoms with Crippen molar-refractivity contribution in [2.45, 2.75) is 24.2 Å². The monoisotopic (exact) mass is 261 g/mol. The van der Waals surface area contributed by atoms with Gasteiger partial charge in [-0.25, -0.2) is 13.6 Å². The summed E-state index contributed by atoms with van der Waals surface area (Å²) in [6, 6.07) is 3.29. The Morgan fingerprint density at radius 1 is 1.53 bits per heavy atom. The highest BCUT2D eigenvalue weighted by molar-refractivity contribution is 7.14. The summed E-state index contributed by atoms with van der Waals surface area (Å²) in [6.45, 7) is 0.170. The van der Waals surface area contributed by atoms with E-state index in [0.717, 1.165) is 4.88 Å². The molecule has 0 unspecified atom stereocenters. The minimum atomic E-state index is -2.63. The summed E-state index contributed by atoms with van der Waals surface area (Å²) in [6.07, 6.45) is -0.477. The molecule has 1 aromatic rings. The summed E-state index contributed by atoms with van der Waals surface area (Å²) >= 11 is 1.19. The number of esters is 1. The van der Waals surface area contributed by atoms with Crippen molar-refractivity contribution in [2.24, 2.45) is 5.73 Å². The molecule has 0 saturated heterocycles. The molecule has 0 bridgehead atoms. The van der Waals surface area contributed by atoms with Gasteiger partial charge in [-0.1, -0.05) is 0 Å². The highest BCUT2D eigenvalue weighted by Crippen LogP contribution is 2.54. The van der Waals surface area contributed by atoms with Gasteiger partial charge in [-0.15, -0.1) is 11.3 Å². The van der Waals surface area contributed by atoms with Crippen molar-refractivity contribution in [3.8, 4) is 0 Å². The van der Waals surface area contributed by atoms with Crippen LogP contribution in [0.3, 0.4) is 0 Å². The predicted octanol–water partition coefficient (Wildman–Crippen LogP) is 2.16. The molecule has 6 heteroatoms. The third-order valence-corrected chi connectivity index (χ3v) is 4.41. The van der Waals surface area contributed by atoms with Crippen molar-refractivity contribution in [1.29, 1.82) is 0 Å². The van der Waals surface area contributed by atoms with E-state index in [1.807, 2.05) is 0 Å². The molecule has 94 valence electrons. The molecule has 3 nitrogen and oxygen atoms in total. The summed E-state index contributed by atoms with van der Waals surface area (Å²) in [7, 11) is 1.29. The van der Waals surface area contributed by atoms with Gasteiger partial charge in [0.1, 0.15) is 4.88 Å². The van der Waals surface area contributed by atoms with Crippen LogP contribution in [0.5, 0.6) is 0 Å². The molecule has 1 aliphatic rings. The lowest BCUT2D eigenvalue weighted by molar-refractivity contribution is -0.122. The molecular formula is C11H13F2NO2S. The predicted molar refractivity (Wildman–Crippen MR) is 60.6 cm³/mol. The number of rotatable bonds is 3. The van der Waals surface area contributed by atoms with Crippen LogP contribution in [-0.4, -0.2) is 25.5 Å². The van der Waals surface area contributed by atoms with Crippen LogP contribution in [0.1, 0.15) is 27.4 Å². The maximum atomic E-state index is 13.0. The second-order valence-electron chi connectivity index (χ2n) is 4.35. The Bertz CT molecular complexity index is 436. The summed E-state index contributed by atoms with van der Waals surface area (Å²) in [5.74, 6) is -3.08. The maximum absolute atomic E-state index is 13.0. The number of ether oxygens (including phenoxy) is 1. The summed E-state index contributed by atoms with van der Waals surface area (Å²) in [5.41, 5.74) is 4.93. The van der Waals surface area contributed by atoms with E-state index in [4.69, 9.17) is 5.73 Å². The zero-order chi connectivity index (χ0) is 12.7. The van der Waals surface area contributed by atoms with Gasteiger partial charge in [0, 0.05) is 29.7 Å². The largest absolute Gasteiger partial charge is 0.465 e. The number of nitrogens with two attached hydrogens (primary N) is 1. The van der Waals surface area contributed by atoms with Crippen LogP contribution >= 0.6 is 11.3 Å². The molecule has 1 saturated carbocycles. The van der Waals surface area contributed by atoms with Crippen LogP contribution in [0, 0.1) is 0 Å². The van der Waals surface area contributed by atoms with Crippen molar-refractivity contribution in [2.75, 3.05) is 13.7 Å². The fourth-order valence-corrected chi connectivity index (χ4v) is 3.31. The molecule has 2 rings (SSSR count). The zero-order valence-corrected chi connectivity index (χ0v) is 10.2. The van der Waals surface area contributed by atoms with Gasteiger partial charge in [-0.05, 0) is 12.1 Å². The molecule has 0 aliphatic heterocycles. The molecule has 2 N–H and O–H groups in total. The molecule has 0 radical (unpaired) electrons. The van der Waals surface area contributed by atoms with Gasteiger partial charge >= 0.3 is 5.97 Å². The number of carbonyl (C=O) groups excluding carboxylic acids is 1. The number of alkyl halides is 2. The van der Waals surface area contributed by atoms with Crippen LogP contribution < -0.4 is 5.73 Å². The average molecular weight is 261 g/mol. The Kier molecular flexibility index (Phi) is 2.95. The average Bonchev–Trinajstić information content (AvgIpc) is 2.73. The molecule has 1 aliphatic carbocycles. The molecule has 1 heterocycles. The summed E-state index contributed by atoms with van der Waals surface area (Å²) in [5, 5.41) is 0. The lowest BCUT2D eigenvalue weighted by atomic mass is 9.65. The Balaban J connectivity index is 2.22. The third-order valence-electron chi connectivity index (χ3n) is 3.10. The van der Waals surface area contributed by atoms with Crippen molar-refractivity contribution in [3.63, 3.8) is 0 Å². The topological polar surface area (TPSA) is 52.3 Å². The van der Waals surface area contributed by atoms with Crippen LogP contribution in [0.25, 0.3) is 0 Å².